The highest BCUT2D eigenvalue weighted by molar-refractivity contribution is 5.79. The van der Waals surface area contributed by atoms with Crippen LogP contribution < -0.4 is 0 Å². The summed E-state index contributed by atoms with van der Waals surface area (Å²) in [7, 11) is 0. The standard InChI is InChI=1S/C15H22N2O3/c18-12-14(19)10-16-8-9-17(15(20)11-16)7-6-13-4-2-1-3-5-13/h1-5,14,18-19H,6-12H2. The number of nitrogens with zero attached hydrogens (tertiary/aromatic N) is 2. The predicted octanol–water partition coefficient (Wildman–Crippen LogP) is -0.273. The van der Waals surface area contributed by atoms with Crippen LogP contribution in [0.15, 0.2) is 30.3 Å². The van der Waals surface area contributed by atoms with E-state index in [1.54, 1.807) is 0 Å². The molecule has 1 amide bonds. The molecule has 1 atom stereocenters. The van der Waals surface area contributed by atoms with Crippen molar-refractivity contribution in [3.8, 4) is 0 Å². The van der Waals surface area contributed by atoms with Crippen molar-refractivity contribution in [2.24, 2.45) is 0 Å². The third kappa shape index (κ3) is 4.30. The van der Waals surface area contributed by atoms with E-state index in [-0.39, 0.29) is 12.5 Å². The van der Waals surface area contributed by atoms with Crippen molar-refractivity contribution >= 4 is 5.91 Å². The van der Waals surface area contributed by atoms with Crippen LogP contribution in [0.5, 0.6) is 0 Å². The van der Waals surface area contributed by atoms with Gasteiger partial charge in [0.15, 0.2) is 0 Å². The Bertz CT molecular complexity index is 424. The van der Waals surface area contributed by atoms with Gasteiger partial charge in [-0.05, 0) is 12.0 Å². The topological polar surface area (TPSA) is 64.0 Å². The van der Waals surface area contributed by atoms with Crippen LogP contribution in [-0.4, -0.2) is 71.4 Å². The van der Waals surface area contributed by atoms with Gasteiger partial charge in [-0.2, -0.15) is 0 Å². The molecule has 1 aromatic carbocycles. The number of carbonyl (C=O) groups excluding carboxylic acids is 1. The van der Waals surface area contributed by atoms with E-state index in [1.807, 2.05) is 28.0 Å². The normalized spacial score (nSPS) is 18.3. The first kappa shape index (κ1) is 15.0. The number of rotatable bonds is 6. The zero-order chi connectivity index (χ0) is 14.4. The number of amides is 1. The Morgan fingerprint density at radius 3 is 2.60 bits per heavy atom. The second kappa shape index (κ2) is 7.38. The van der Waals surface area contributed by atoms with Crippen LogP contribution in [0.2, 0.25) is 0 Å². The number of β-amino-alcohol motifs (C(OH)–C–C–N with tert-alkyl or cyclic N) is 1. The monoisotopic (exact) mass is 278 g/mol. The summed E-state index contributed by atoms with van der Waals surface area (Å²) >= 11 is 0. The van der Waals surface area contributed by atoms with E-state index in [0.717, 1.165) is 19.5 Å². The molecule has 110 valence electrons. The SMILES string of the molecule is O=C1CN(CC(O)CO)CCN1CCc1ccccc1. The lowest BCUT2D eigenvalue weighted by Gasteiger charge is -2.35. The molecule has 0 bridgehead atoms. The van der Waals surface area contributed by atoms with Gasteiger partial charge in [-0.3, -0.25) is 9.69 Å². The van der Waals surface area contributed by atoms with E-state index in [9.17, 15) is 9.90 Å². The maximum atomic E-state index is 12.0. The van der Waals surface area contributed by atoms with Crippen LogP contribution in [0.25, 0.3) is 0 Å². The van der Waals surface area contributed by atoms with Gasteiger partial charge in [0.2, 0.25) is 5.91 Å². The van der Waals surface area contributed by atoms with Gasteiger partial charge in [-0.15, -0.1) is 0 Å². The first-order chi connectivity index (χ1) is 9.69. The number of aliphatic hydroxyl groups excluding tert-OH is 2. The Morgan fingerprint density at radius 2 is 1.95 bits per heavy atom. The second-order valence-corrected chi connectivity index (χ2v) is 5.19. The highest BCUT2D eigenvalue weighted by Gasteiger charge is 2.24. The average molecular weight is 278 g/mol. The lowest BCUT2D eigenvalue weighted by atomic mass is 10.1. The quantitative estimate of drug-likeness (QED) is 0.752. The van der Waals surface area contributed by atoms with Crippen LogP contribution >= 0.6 is 0 Å². The van der Waals surface area contributed by atoms with Gasteiger partial charge in [-0.25, -0.2) is 0 Å². The average Bonchev–Trinajstić information content (AvgIpc) is 2.47. The minimum absolute atomic E-state index is 0.0947. The summed E-state index contributed by atoms with van der Waals surface area (Å²) in [5.74, 6) is 0.0947. The summed E-state index contributed by atoms with van der Waals surface area (Å²) in [6.45, 7) is 2.59. The Hall–Kier alpha value is -1.43. The zero-order valence-corrected chi connectivity index (χ0v) is 11.6. The summed E-state index contributed by atoms with van der Waals surface area (Å²) < 4.78 is 0. The summed E-state index contributed by atoms with van der Waals surface area (Å²) in [4.78, 5) is 15.8. The first-order valence-corrected chi connectivity index (χ1v) is 7.02. The van der Waals surface area contributed by atoms with Crippen molar-refractivity contribution in [2.75, 3.05) is 39.3 Å². The molecular formula is C15H22N2O3. The van der Waals surface area contributed by atoms with E-state index in [1.165, 1.54) is 5.56 Å². The van der Waals surface area contributed by atoms with Crippen molar-refractivity contribution in [3.05, 3.63) is 35.9 Å². The summed E-state index contributed by atoms with van der Waals surface area (Å²) in [6, 6.07) is 10.1. The lowest BCUT2D eigenvalue weighted by molar-refractivity contribution is -0.136. The molecule has 0 aliphatic carbocycles. The van der Waals surface area contributed by atoms with E-state index in [2.05, 4.69) is 12.1 Å². The number of carbonyl (C=O) groups is 1. The molecule has 2 rings (SSSR count). The Kier molecular flexibility index (Phi) is 5.52. The molecule has 5 heteroatoms. The fourth-order valence-corrected chi connectivity index (χ4v) is 2.41. The third-order valence-corrected chi connectivity index (χ3v) is 3.59. The minimum atomic E-state index is -0.765. The Balaban J connectivity index is 1.77. The minimum Gasteiger partial charge on any atom is -0.394 e. The van der Waals surface area contributed by atoms with E-state index >= 15 is 0 Å². The molecular weight excluding hydrogens is 256 g/mol. The largest absolute Gasteiger partial charge is 0.394 e. The number of hydrogen-bond donors (Lipinski definition) is 2. The van der Waals surface area contributed by atoms with Gasteiger partial charge in [0, 0.05) is 26.2 Å². The van der Waals surface area contributed by atoms with Gasteiger partial charge in [-0.1, -0.05) is 30.3 Å². The molecule has 0 spiro atoms. The molecule has 1 aromatic rings. The smallest absolute Gasteiger partial charge is 0.236 e. The maximum absolute atomic E-state index is 12.0. The van der Waals surface area contributed by atoms with Crippen LogP contribution in [0.4, 0.5) is 0 Å². The molecule has 2 N–H and O–H groups in total. The van der Waals surface area contributed by atoms with Crippen molar-refractivity contribution in [2.45, 2.75) is 12.5 Å². The molecule has 0 aromatic heterocycles. The van der Waals surface area contributed by atoms with E-state index in [4.69, 9.17) is 5.11 Å². The van der Waals surface area contributed by atoms with E-state index < -0.39 is 6.10 Å². The predicted molar refractivity (Wildman–Crippen MR) is 76.3 cm³/mol. The van der Waals surface area contributed by atoms with Crippen LogP contribution in [0.3, 0.4) is 0 Å². The van der Waals surface area contributed by atoms with Gasteiger partial charge < -0.3 is 15.1 Å². The number of hydrogen-bond acceptors (Lipinski definition) is 4. The fraction of sp³-hybridized carbons (Fsp3) is 0.533. The summed E-state index contributed by atoms with van der Waals surface area (Å²) in [5.41, 5.74) is 1.23. The summed E-state index contributed by atoms with van der Waals surface area (Å²) in [5, 5.41) is 18.2. The highest BCUT2D eigenvalue weighted by atomic mass is 16.3. The van der Waals surface area contributed by atoms with Crippen molar-refractivity contribution in [1.29, 1.82) is 0 Å². The molecule has 1 fully saturated rings. The second-order valence-electron chi connectivity index (χ2n) is 5.19. The molecule has 1 aliphatic heterocycles. The molecule has 5 nitrogen and oxygen atoms in total. The number of benzene rings is 1. The maximum Gasteiger partial charge on any atom is 0.236 e. The van der Waals surface area contributed by atoms with Crippen LogP contribution in [0, 0.1) is 0 Å². The van der Waals surface area contributed by atoms with Gasteiger partial charge in [0.25, 0.3) is 0 Å². The lowest BCUT2D eigenvalue weighted by Crippen LogP contribution is -2.52. The molecule has 1 saturated heterocycles. The fourth-order valence-electron chi connectivity index (χ4n) is 2.41. The molecule has 20 heavy (non-hydrogen) atoms. The molecule has 0 radical (unpaired) electrons. The van der Waals surface area contributed by atoms with Crippen molar-refractivity contribution in [1.82, 2.24) is 9.80 Å². The molecule has 1 heterocycles. The number of aliphatic hydroxyl groups is 2. The third-order valence-electron chi connectivity index (χ3n) is 3.59. The molecule has 1 aliphatic rings. The van der Waals surface area contributed by atoms with Crippen LogP contribution in [0.1, 0.15) is 5.56 Å². The van der Waals surface area contributed by atoms with Gasteiger partial charge in [0.1, 0.15) is 0 Å². The van der Waals surface area contributed by atoms with Crippen molar-refractivity contribution < 1.29 is 15.0 Å². The molecule has 0 saturated carbocycles. The van der Waals surface area contributed by atoms with Gasteiger partial charge >= 0.3 is 0 Å². The highest BCUT2D eigenvalue weighted by Crippen LogP contribution is 2.07. The summed E-state index contributed by atoms with van der Waals surface area (Å²) in [6.07, 6.45) is 0.102. The zero-order valence-electron chi connectivity index (χ0n) is 11.6. The first-order valence-electron chi connectivity index (χ1n) is 7.02. The molecule has 1 unspecified atom stereocenters. The van der Waals surface area contributed by atoms with E-state index in [0.29, 0.717) is 19.6 Å². The Morgan fingerprint density at radius 1 is 1.20 bits per heavy atom. The van der Waals surface area contributed by atoms with Gasteiger partial charge in [0.05, 0.1) is 19.3 Å². The van der Waals surface area contributed by atoms with Crippen LogP contribution in [-0.2, 0) is 11.2 Å². The Labute approximate surface area is 119 Å². The van der Waals surface area contributed by atoms with Crippen molar-refractivity contribution in [3.63, 3.8) is 0 Å². The number of piperazine rings is 1.